The summed E-state index contributed by atoms with van der Waals surface area (Å²) in [6.45, 7) is 2.52. The van der Waals surface area contributed by atoms with Crippen LogP contribution in [0.1, 0.15) is 36.8 Å². The fraction of sp³-hybridized carbons (Fsp3) is 0.375. The van der Waals surface area contributed by atoms with Crippen LogP contribution in [0.25, 0.3) is 11.4 Å². The maximum Gasteiger partial charge on any atom is 0.205 e. The van der Waals surface area contributed by atoms with Crippen molar-refractivity contribution < 1.29 is 5.11 Å². The molecule has 0 aliphatic heterocycles. The molecule has 24 heavy (non-hydrogen) atoms. The van der Waals surface area contributed by atoms with E-state index in [0.29, 0.717) is 23.2 Å². The van der Waals surface area contributed by atoms with Gasteiger partial charge in [0.2, 0.25) is 5.82 Å². The van der Waals surface area contributed by atoms with Crippen molar-refractivity contribution in [2.75, 3.05) is 0 Å². The van der Waals surface area contributed by atoms with E-state index in [-0.39, 0.29) is 6.61 Å². The lowest BCUT2D eigenvalue weighted by Gasteiger charge is -2.13. The van der Waals surface area contributed by atoms with Crippen molar-refractivity contribution in [2.24, 2.45) is 0 Å². The first-order chi connectivity index (χ1) is 11.7. The van der Waals surface area contributed by atoms with Gasteiger partial charge < -0.3 is 9.67 Å². The van der Waals surface area contributed by atoms with E-state index in [0.717, 1.165) is 36.2 Å². The van der Waals surface area contributed by atoms with Crippen molar-refractivity contribution in [1.29, 1.82) is 0 Å². The summed E-state index contributed by atoms with van der Waals surface area (Å²) in [6, 6.07) is 7.84. The van der Waals surface area contributed by atoms with Gasteiger partial charge in [-0.25, -0.2) is 4.98 Å². The number of aromatic amines is 1. The lowest BCUT2D eigenvalue weighted by Crippen LogP contribution is -2.10. The second kappa shape index (κ2) is 7.55. The Morgan fingerprint density at radius 2 is 2.12 bits per heavy atom. The molecule has 0 saturated carbocycles. The third kappa shape index (κ3) is 3.32. The minimum Gasteiger partial charge on any atom is -0.390 e. The van der Waals surface area contributed by atoms with Gasteiger partial charge in [-0.1, -0.05) is 49.2 Å². The molecule has 0 amide bonds. The minimum absolute atomic E-state index is 0.150. The summed E-state index contributed by atoms with van der Waals surface area (Å²) < 4.78 is 1.98. The van der Waals surface area contributed by atoms with E-state index in [2.05, 4.69) is 32.5 Å². The molecule has 0 radical (unpaired) electrons. The highest BCUT2D eigenvalue weighted by Gasteiger charge is 2.17. The highest BCUT2D eigenvalue weighted by Crippen LogP contribution is 2.24. The molecule has 2 N–H and O–H groups in total. The number of aliphatic hydroxyl groups is 1. The topological polar surface area (TPSA) is 92.5 Å². The molecular formula is C16H19ClN6O. The van der Waals surface area contributed by atoms with Gasteiger partial charge in [-0.05, 0) is 17.2 Å². The molecule has 2 heterocycles. The van der Waals surface area contributed by atoms with Crippen LogP contribution in [0.4, 0.5) is 0 Å². The lowest BCUT2D eigenvalue weighted by molar-refractivity contribution is 0.271. The van der Waals surface area contributed by atoms with Gasteiger partial charge >= 0.3 is 0 Å². The molecule has 2 aromatic heterocycles. The quantitative estimate of drug-likeness (QED) is 0.686. The summed E-state index contributed by atoms with van der Waals surface area (Å²) in [5, 5.41) is 24.3. The molecule has 0 aliphatic rings. The van der Waals surface area contributed by atoms with Gasteiger partial charge in [-0.15, -0.1) is 10.2 Å². The van der Waals surface area contributed by atoms with Crippen molar-refractivity contribution in [3.8, 4) is 11.4 Å². The third-order valence-electron chi connectivity index (χ3n) is 3.94. The predicted molar refractivity (Wildman–Crippen MR) is 90.5 cm³/mol. The fourth-order valence-corrected chi connectivity index (χ4v) is 2.95. The fourth-order valence-electron chi connectivity index (χ4n) is 2.69. The average molecular weight is 347 g/mol. The Hall–Kier alpha value is -2.25. The van der Waals surface area contributed by atoms with Crippen molar-refractivity contribution in [1.82, 2.24) is 30.2 Å². The van der Waals surface area contributed by atoms with Gasteiger partial charge in [0.1, 0.15) is 5.82 Å². The second-order valence-corrected chi connectivity index (χ2v) is 5.86. The first-order valence-corrected chi connectivity index (χ1v) is 8.28. The van der Waals surface area contributed by atoms with Crippen LogP contribution < -0.4 is 0 Å². The molecule has 0 atom stereocenters. The summed E-state index contributed by atoms with van der Waals surface area (Å²) in [5.74, 6) is 1.42. The van der Waals surface area contributed by atoms with Gasteiger partial charge in [0.15, 0.2) is 5.15 Å². The number of tetrazole rings is 1. The molecule has 0 aliphatic carbocycles. The number of nitrogens with one attached hydrogen (secondary N) is 1. The van der Waals surface area contributed by atoms with Crippen LogP contribution >= 0.6 is 11.6 Å². The number of aliphatic hydroxyl groups excluding tert-OH is 1. The van der Waals surface area contributed by atoms with E-state index in [1.165, 1.54) is 0 Å². The van der Waals surface area contributed by atoms with Crippen molar-refractivity contribution in [2.45, 2.75) is 39.3 Å². The van der Waals surface area contributed by atoms with E-state index in [9.17, 15) is 5.11 Å². The number of hydrogen-bond acceptors (Lipinski definition) is 5. The van der Waals surface area contributed by atoms with Crippen LogP contribution in [-0.2, 0) is 19.6 Å². The smallest absolute Gasteiger partial charge is 0.205 e. The zero-order valence-corrected chi connectivity index (χ0v) is 14.2. The van der Waals surface area contributed by atoms with Gasteiger partial charge in [0.25, 0.3) is 0 Å². The highest BCUT2D eigenvalue weighted by atomic mass is 35.5. The number of H-pyrrole nitrogens is 1. The maximum atomic E-state index is 9.68. The minimum atomic E-state index is -0.150. The van der Waals surface area contributed by atoms with E-state index in [1.807, 2.05) is 28.8 Å². The first-order valence-electron chi connectivity index (χ1n) is 7.91. The number of unbranched alkanes of at least 4 members (excludes halogenated alkanes) is 1. The SMILES string of the molecule is CCCCc1nc(Cl)c(CO)n1Cc1ccccc1-c1nn[nH]n1. The van der Waals surface area contributed by atoms with Crippen LogP contribution in [-0.4, -0.2) is 35.3 Å². The van der Waals surface area contributed by atoms with Crippen LogP contribution in [0.2, 0.25) is 5.15 Å². The lowest BCUT2D eigenvalue weighted by atomic mass is 10.1. The zero-order chi connectivity index (χ0) is 16.9. The van der Waals surface area contributed by atoms with Crippen LogP contribution in [0.15, 0.2) is 24.3 Å². The average Bonchev–Trinajstić information content (AvgIpc) is 3.22. The van der Waals surface area contributed by atoms with Crippen LogP contribution in [0.3, 0.4) is 0 Å². The summed E-state index contributed by atoms with van der Waals surface area (Å²) in [4.78, 5) is 4.43. The number of halogens is 1. The largest absolute Gasteiger partial charge is 0.390 e. The van der Waals surface area contributed by atoms with E-state index < -0.39 is 0 Å². The molecule has 0 unspecified atom stereocenters. The summed E-state index contributed by atoms with van der Waals surface area (Å²) in [5.41, 5.74) is 2.53. The zero-order valence-electron chi connectivity index (χ0n) is 13.4. The van der Waals surface area contributed by atoms with E-state index in [1.54, 1.807) is 0 Å². The molecule has 3 rings (SSSR count). The Kier molecular flexibility index (Phi) is 5.22. The van der Waals surface area contributed by atoms with Crippen molar-refractivity contribution in [3.63, 3.8) is 0 Å². The summed E-state index contributed by atoms with van der Waals surface area (Å²) in [7, 11) is 0. The Bertz CT molecular complexity index is 799. The highest BCUT2D eigenvalue weighted by molar-refractivity contribution is 6.30. The Balaban J connectivity index is 2.00. The van der Waals surface area contributed by atoms with Gasteiger partial charge in [-0.2, -0.15) is 5.21 Å². The second-order valence-electron chi connectivity index (χ2n) is 5.51. The number of hydrogen-bond donors (Lipinski definition) is 2. The molecule has 8 heteroatoms. The van der Waals surface area contributed by atoms with Gasteiger partial charge in [-0.3, -0.25) is 0 Å². The van der Waals surface area contributed by atoms with Crippen molar-refractivity contribution in [3.05, 3.63) is 46.5 Å². The first kappa shape index (κ1) is 16.6. The molecule has 7 nitrogen and oxygen atoms in total. The number of aryl methyl sites for hydroxylation is 1. The maximum absolute atomic E-state index is 9.68. The molecule has 0 spiro atoms. The number of aromatic nitrogens is 6. The summed E-state index contributed by atoms with van der Waals surface area (Å²) >= 11 is 6.20. The van der Waals surface area contributed by atoms with Crippen molar-refractivity contribution >= 4 is 11.6 Å². The number of nitrogens with zero attached hydrogens (tertiary/aromatic N) is 5. The molecule has 126 valence electrons. The molecule has 0 bridgehead atoms. The number of benzene rings is 1. The molecule has 3 aromatic rings. The van der Waals surface area contributed by atoms with Crippen LogP contribution in [0.5, 0.6) is 0 Å². The Morgan fingerprint density at radius 3 is 2.83 bits per heavy atom. The molecule has 0 saturated heterocycles. The number of imidazole rings is 1. The summed E-state index contributed by atoms with van der Waals surface area (Å²) in [6.07, 6.45) is 2.91. The molecular weight excluding hydrogens is 328 g/mol. The monoisotopic (exact) mass is 346 g/mol. The van der Waals surface area contributed by atoms with Crippen LogP contribution in [0, 0.1) is 0 Å². The van der Waals surface area contributed by atoms with E-state index >= 15 is 0 Å². The van der Waals surface area contributed by atoms with Gasteiger partial charge in [0.05, 0.1) is 12.3 Å². The van der Waals surface area contributed by atoms with Gasteiger partial charge in [0, 0.05) is 18.5 Å². The van der Waals surface area contributed by atoms with E-state index in [4.69, 9.17) is 11.6 Å². The molecule has 1 aromatic carbocycles. The third-order valence-corrected chi connectivity index (χ3v) is 4.24. The number of rotatable bonds is 7. The Labute approximate surface area is 144 Å². The normalized spacial score (nSPS) is 11.1. The standard InChI is InChI=1S/C16H19ClN6O/c1-2-3-8-14-18-15(17)13(10-24)23(14)9-11-6-4-5-7-12(11)16-19-21-22-20-16/h4-7,24H,2-3,8-10H2,1H3,(H,19,20,21,22). The molecule has 0 fully saturated rings. The Morgan fingerprint density at radius 1 is 1.29 bits per heavy atom. The predicted octanol–water partition coefficient (Wildman–Crippen LogP) is 2.60.